The summed E-state index contributed by atoms with van der Waals surface area (Å²) < 4.78 is 11.8. The Morgan fingerprint density at radius 3 is 1.97 bits per heavy atom. The minimum atomic E-state index is -0.572. The number of carbonyl (C=O) groups is 1. The Kier molecular flexibility index (Phi) is 7.38. The highest BCUT2D eigenvalue weighted by Gasteiger charge is 2.44. The highest BCUT2D eigenvalue weighted by atomic mass is 16.5. The Labute approximate surface area is 182 Å². The van der Waals surface area contributed by atoms with Crippen LogP contribution in [0, 0.1) is 0 Å². The number of benzene rings is 1. The number of morpholine rings is 2. The summed E-state index contributed by atoms with van der Waals surface area (Å²) in [4.78, 5) is 18.5. The molecule has 1 aromatic carbocycles. The predicted octanol–water partition coefficient (Wildman–Crippen LogP) is 4.32. The van der Waals surface area contributed by atoms with E-state index in [1.807, 2.05) is 18.2 Å². The number of carbonyl (C=O) groups excluding carboxylic acids is 1. The molecule has 5 heteroatoms. The zero-order valence-electron chi connectivity index (χ0n) is 19.3. The summed E-state index contributed by atoms with van der Waals surface area (Å²) in [5, 5.41) is 0. The Morgan fingerprint density at radius 2 is 1.50 bits per heavy atom. The molecule has 3 rings (SSSR count). The van der Waals surface area contributed by atoms with Gasteiger partial charge >= 0.3 is 0 Å². The van der Waals surface area contributed by atoms with Crippen molar-refractivity contribution < 1.29 is 14.3 Å². The third-order valence-electron chi connectivity index (χ3n) is 6.43. The van der Waals surface area contributed by atoms with E-state index in [-0.39, 0.29) is 30.2 Å². The van der Waals surface area contributed by atoms with Gasteiger partial charge in [0.05, 0.1) is 30.0 Å². The topological polar surface area (TPSA) is 42.0 Å². The second-order valence-electron chi connectivity index (χ2n) is 9.08. The monoisotopic (exact) mass is 414 g/mol. The zero-order valence-corrected chi connectivity index (χ0v) is 19.3. The first-order valence-electron chi connectivity index (χ1n) is 11.4. The first kappa shape index (κ1) is 23.0. The standard InChI is InChI=1S/C25H38N2O3/c1-7-13-25(8-2,27-16-20(5)30-21(6)17-27)24(28)22-9-11-23(12-10-22)26-14-18(3)29-19(4)15-26/h7,9-12,18-21H,1,8,13-17H2,2-6H3. The molecule has 2 fully saturated rings. The number of ketones is 1. The molecule has 5 nitrogen and oxygen atoms in total. The number of nitrogens with zero attached hydrogens (tertiary/aromatic N) is 2. The molecule has 2 heterocycles. The lowest BCUT2D eigenvalue weighted by atomic mass is 9.81. The number of rotatable bonds is 7. The number of hydrogen-bond acceptors (Lipinski definition) is 5. The Morgan fingerprint density at radius 1 is 1.00 bits per heavy atom. The molecule has 5 atom stereocenters. The summed E-state index contributed by atoms with van der Waals surface area (Å²) in [6, 6.07) is 8.14. The van der Waals surface area contributed by atoms with Crippen LogP contribution in [-0.4, -0.2) is 66.8 Å². The van der Waals surface area contributed by atoms with Gasteiger partial charge < -0.3 is 14.4 Å². The predicted molar refractivity (Wildman–Crippen MR) is 122 cm³/mol. The molecule has 5 unspecified atom stereocenters. The van der Waals surface area contributed by atoms with Crippen molar-refractivity contribution in [2.75, 3.05) is 31.1 Å². The van der Waals surface area contributed by atoms with Crippen molar-refractivity contribution in [3.63, 3.8) is 0 Å². The van der Waals surface area contributed by atoms with E-state index in [1.165, 1.54) is 0 Å². The molecule has 0 amide bonds. The molecule has 1 aromatic rings. The first-order valence-corrected chi connectivity index (χ1v) is 11.4. The van der Waals surface area contributed by atoms with Crippen LogP contribution in [0.5, 0.6) is 0 Å². The molecular weight excluding hydrogens is 376 g/mol. The molecule has 0 spiro atoms. The molecule has 0 saturated carbocycles. The highest BCUT2D eigenvalue weighted by Crippen LogP contribution is 2.33. The second kappa shape index (κ2) is 9.63. The van der Waals surface area contributed by atoms with E-state index >= 15 is 0 Å². The fraction of sp³-hybridized carbons (Fsp3) is 0.640. The Hall–Kier alpha value is -1.69. The lowest BCUT2D eigenvalue weighted by Gasteiger charge is -2.47. The SMILES string of the molecule is C=CCC(CC)(C(=O)c1ccc(N2CC(C)OC(C)C2)cc1)N1CC(C)OC(C)C1. The van der Waals surface area contributed by atoms with E-state index in [1.54, 1.807) is 0 Å². The average Bonchev–Trinajstić information content (AvgIpc) is 2.70. The van der Waals surface area contributed by atoms with E-state index in [9.17, 15) is 4.79 Å². The van der Waals surface area contributed by atoms with Crippen molar-refractivity contribution in [1.29, 1.82) is 0 Å². The molecular formula is C25H38N2O3. The lowest BCUT2D eigenvalue weighted by molar-refractivity contribution is -0.0946. The van der Waals surface area contributed by atoms with Crippen LogP contribution in [0.2, 0.25) is 0 Å². The van der Waals surface area contributed by atoms with Crippen LogP contribution >= 0.6 is 0 Å². The van der Waals surface area contributed by atoms with Crippen LogP contribution in [0.15, 0.2) is 36.9 Å². The van der Waals surface area contributed by atoms with E-state index in [0.29, 0.717) is 6.42 Å². The van der Waals surface area contributed by atoms with Gasteiger partial charge in [-0.05, 0) is 64.8 Å². The lowest BCUT2D eigenvalue weighted by Crippen LogP contribution is -2.60. The number of hydrogen-bond donors (Lipinski definition) is 0. The Balaban J connectivity index is 1.85. The van der Waals surface area contributed by atoms with Crippen molar-refractivity contribution >= 4 is 11.5 Å². The van der Waals surface area contributed by atoms with Crippen LogP contribution in [0.25, 0.3) is 0 Å². The molecule has 0 N–H and O–H groups in total. The summed E-state index contributed by atoms with van der Waals surface area (Å²) >= 11 is 0. The van der Waals surface area contributed by atoms with Gasteiger partial charge in [0.2, 0.25) is 0 Å². The fourth-order valence-electron chi connectivity index (χ4n) is 5.14. The van der Waals surface area contributed by atoms with E-state index in [0.717, 1.165) is 43.9 Å². The van der Waals surface area contributed by atoms with E-state index in [4.69, 9.17) is 9.47 Å². The van der Waals surface area contributed by atoms with Crippen molar-refractivity contribution in [3.8, 4) is 0 Å². The van der Waals surface area contributed by atoms with Crippen molar-refractivity contribution in [2.45, 2.75) is 77.4 Å². The summed E-state index contributed by atoms with van der Waals surface area (Å²) in [5.74, 6) is 0.182. The number of ether oxygens (including phenoxy) is 2. The van der Waals surface area contributed by atoms with Gasteiger partial charge in [-0.2, -0.15) is 0 Å². The highest BCUT2D eigenvalue weighted by molar-refractivity contribution is 6.03. The van der Waals surface area contributed by atoms with Gasteiger partial charge in [-0.3, -0.25) is 9.69 Å². The number of Topliss-reactive ketones (excluding diaryl/α,β-unsaturated/α-hetero) is 1. The maximum Gasteiger partial charge on any atom is 0.183 e. The van der Waals surface area contributed by atoms with Crippen molar-refractivity contribution in [1.82, 2.24) is 4.90 Å². The third-order valence-corrected chi connectivity index (χ3v) is 6.43. The molecule has 0 aliphatic carbocycles. The quantitative estimate of drug-likeness (QED) is 0.491. The van der Waals surface area contributed by atoms with E-state index < -0.39 is 5.54 Å². The minimum absolute atomic E-state index is 0.116. The van der Waals surface area contributed by atoms with Crippen molar-refractivity contribution in [3.05, 3.63) is 42.5 Å². The first-order chi connectivity index (χ1) is 14.3. The van der Waals surface area contributed by atoms with Crippen LogP contribution < -0.4 is 4.90 Å². The van der Waals surface area contributed by atoms with Crippen LogP contribution in [0.3, 0.4) is 0 Å². The van der Waals surface area contributed by atoms with Gasteiger partial charge in [0.25, 0.3) is 0 Å². The fourth-order valence-corrected chi connectivity index (χ4v) is 5.14. The van der Waals surface area contributed by atoms with Crippen LogP contribution in [0.4, 0.5) is 5.69 Å². The third kappa shape index (κ3) is 4.79. The average molecular weight is 415 g/mol. The molecule has 166 valence electrons. The van der Waals surface area contributed by atoms with Gasteiger partial charge in [-0.25, -0.2) is 0 Å². The second-order valence-corrected chi connectivity index (χ2v) is 9.08. The molecule has 2 saturated heterocycles. The molecule has 0 aromatic heterocycles. The van der Waals surface area contributed by atoms with Gasteiger partial charge in [0, 0.05) is 37.4 Å². The maximum absolute atomic E-state index is 13.8. The van der Waals surface area contributed by atoms with E-state index in [2.05, 4.69) is 63.1 Å². The molecule has 30 heavy (non-hydrogen) atoms. The summed E-state index contributed by atoms with van der Waals surface area (Å²) in [6.45, 7) is 17.7. The van der Waals surface area contributed by atoms with Gasteiger partial charge in [-0.15, -0.1) is 6.58 Å². The van der Waals surface area contributed by atoms with Crippen molar-refractivity contribution in [2.24, 2.45) is 0 Å². The molecule has 2 aliphatic heterocycles. The normalized spacial score (nSPS) is 30.0. The minimum Gasteiger partial charge on any atom is -0.373 e. The molecule has 2 aliphatic rings. The molecule has 0 bridgehead atoms. The largest absolute Gasteiger partial charge is 0.373 e. The Bertz CT molecular complexity index is 714. The summed E-state index contributed by atoms with van der Waals surface area (Å²) in [5.41, 5.74) is 1.34. The molecule has 0 radical (unpaired) electrons. The number of anilines is 1. The van der Waals surface area contributed by atoms with Gasteiger partial charge in [0.15, 0.2) is 5.78 Å². The van der Waals surface area contributed by atoms with Gasteiger partial charge in [-0.1, -0.05) is 13.0 Å². The summed E-state index contributed by atoms with van der Waals surface area (Å²) in [7, 11) is 0. The van der Waals surface area contributed by atoms with Gasteiger partial charge in [0.1, 0.15) is 0 Å². The summed E-state index contributed by atoms with van der Waals surface area (Å²) in [6.07, 6.45) is 3.92. The van der Waals surface area contributed by atoms with Crippen LogP contribution in [0.1, 0.15) is 57.8 Å². The maximum atomic E-state index is 13.8. The smallest absolute Gasteiger partial charge is 0.183 e. The zero-order chi connectivity index (χ0) is 21.9. The van der Waals surface area contributed by atoms with Crippen LogP contribution in [-0.2, 0) is 9.47 Å².